The molecule has 0 heterocycles. The third-order valence-corrected chi connectivity index (χ3v) is 8.64. The van der Waals surface area contributed by atoms with Gasteiger partial charge in [-0.05, 0) is 97.3 Å². The maximum atomic E-state index is 11.2. The summed E-state index contributed by atoms with van der Waals surface area (Å²) < 4.78 is 27.3. The van der Waals surface area contributed by atoms with Gasteiger partial charge in [-0.15, -0.1) is 0 Å². The molecule has 3 aliphatic rings. The lowest BCUT2D eigenvalue weighted by Gasteiger charge is -2.54. The van der Waals surface area contributed by atoms with Crippen LogP contribution in [-0.2, 0) is 20.7 Å². The van der Waals surface area contributed by atoms with E-state index in [-0.39, 0.29) is 18.1 Å². The van der Waals surface area contributed by atoms with E-state index in [1.807, 2.05) is 12.1 Å². The molecule has 0 bridgehead atoms. The fourth-order valence-electron chi connectivity index (χ4n) is 6.85. The van der Waals surface area contributed by atoms with Crippen molar-refractivity contribution < 1.29 is 22.8 Å². The van der Waals surface area contributed by atoms with Gasteiger partial charge in [0.05, 0.1) is 19.0 Å². The zero-order chi connectivity index (χ0) is 20.8. The Morgan fingerprint density at radius 2 is 2.00 bits per heavy atom. The van der Waals surface area contributed by atoms with Crippen molar-refractivity contribution >= 4 is 10.1 Å². The van der Waals surface area contributed by atoms with Gasteiger partial charge < -0.3 is 10.2 Å². The third-order valence-electron chi connectivity index (χ3n) is 8.05. The summed E-state index contributed by atoms with van der Waals surface area (Å²) in [7, 11) is -3.38. The molecule has 0 amide bonds. The normalized spacial score (nSPS) is 36.3. The Morgan fingerprint density at radius 3 is 2.76 bits per heavy atom. The van der Waals surface area contributed by atoms with Gasteiger partial charge in [0.15, 0.2) is 0 Å². The Hall–Kier alpha value is -1.11. The first kappa shape index (κ1) is 21.1. The quantitative estimate of drug-likeness (QED) is 0.535. The monoisotopic (exact) mass is 422 g/mol. The number of hydrogen-bond donors (Lipinski definition) is 2. The van der Waals surface area contributed by atoms with E-state index in [4.69, 9.17) is 4.18 Å². The molecule has 0 spiro atoms. The number of benzene rings is 1. The van der Waals surface area contributed by atoms with Gasteiger partial charge >= 0.3 is 0 Å². The van der Waals surface area contributed by atoms with E-state index in [9.17, 15) is 18.6 Å². The molecule has 5 nitrogen and oxygen atoms in total. The molecule has 2 N–H and O–H groups in total. The average Bonchev–Trinajstić information content (AvgIpc) is 2.94. The Labute approximate surface area is 174 Å². The summed E-state index contributed by atoms with van der Waals surface area (Å²) in [5, 5.41) is 20.7. The van der Waals surface area contributed by atoms with E-state index in [1.54, 1.807) is 0 Å². The van der Waals surface area contributed by atoms with Crippen molar-refractivity contribution in [2.24, 2.45) is 23.2 Å². The van der Waals surface area contributed by atoms with Crippen molar-refractivity contribution in [3.05, 3.63) is 29.3 Å². The lowest BCUT2D eigenvalue weighted by Crippen LogP contribution is -2.47. The molecule has 0 saturated heterocycles. The standard InChI is InChI=1S/C23H34O5S/c1-23-14-16(5-3-4-12-28-29(2,26)27)22-18-9-7-17(24)13-15(18)6-8-19(22)20(23)10-11-21(23)25/h7,9,13,16,19-22,24-25H,3-6,8,10-12,14H2,1-2H3/t16-,19-,20-,21-,22+,23-/m0/s1. The van der Waals surface area contributed by atoms with Gasteiger partial charge in [-0.1, -0.05) is 19.4 Å². The predicted molar refractivity (Wildman–Crippen MR) is 112 cm³/mol. The first-order chi connectivity index (χ1) is 13.7. The van der Waals surface area contributed by atoms with Gasteiger partial charge in [-0.2, -0.15) is 8.42 Å². The number of fused-ring (bicyclic) bond motifs is 5. The van der Waals surface area contributed by atoms with Crippen LogP contribution in [0.2, 0.25) is 0 Å². The Balaban J connectivity index is 1.55. The predicted octanol–water partition coefficient (Wildman–Crippen LogP) is 3.98. The Bertz CT molecular complexity index is 851. The van der Waals surface area contributed by atoms with Crippen LogP contribution in [0, 0.1) is 23.2 Å². The number of aliphatic hydroxyl groups is 1. The molecule has 6 heteroatoms. The van der Waals surface area contributed by atoms with Crippen molar-refractivity contribution in [1.29, 1.82) is 0 Å². The number of aliphatic hydroxyl groups excluding tert-OH is 1. The Morgan fingerprint density at radius 1 is 1.21 bits per heavy atom. The largest absolute Gasteiger partial charge is 0.508 e. The second kappa shape index (κ2) is 7.86. The lowest BCUT2D eigenvalue weighted by molar-refractivity contribution is -0.0502. The number of unbranched alkanes of at least 4 members (excludes halogenated alkanes) is 1. The van der Waals surface area contributed by atoms with Crippen LogP contribution in [0.1, 0.15) is 68.9 Å². The summed E-state index contributed by atoms with van der Waals surface area (Å²) in [6.45, 7) is 2.53. The summed E-state index contributed by atoms with van der Waals surface area (Å²) in [5.74, 6) is 2.43. The van der Waals surface area contributed by atoms with Crippen molar-refractivity contribution in [2.75, 3.05) is 12.9 Å². The van der Waals surface area contributed by atoms with Gasteiger partial charge in [0, 0.05) is 0 Å². The first-order valence-corrected chi connectivity index (χ1v) is 12.8. The van der Waals surface area contributed by atoms with E-state index >= 15 is 0 Å². The molecular weight excluding hydrogens is 388 g/mol. The molecule has 4 rings (SSSR count). The molecule has 1 aromatic carbocycles. The maximum absolute atomic E-state index is 11.2. The van der Waals surface area contributed by atoms with Gasteiger partial charge in [-0.25, -0.2) is 0 Å². The number of hydrogen-bond acceptors (Lipinski definition) is 5. The second-order valence-electron chi connectivity index (χ2n) is 9.80. The third kappa shape index (κ3) is 4.08. The van der Waals surface area contributed by atoms with Crippen LogP contribution in [0.25, 0.3) is 0 Å². The molecule has 3 aliphatic carbocycles. The molecule has 0 aliphatic heterocycles. The van der Waals surface area contributed by atoms with Gasteiger partial charge in [0.25, 0.3) is 10.1 Å². The fourth-order valence-corrected chi connectivity index (χ4v) is 7.27. The molecule has 1 aromatic rings. The van der Waals surface area contributed by atoms with Gasteiger partial charge in [-0.3, -0.25) is 4.18 Å². The SMILES string of the molecule is C[C@]12C[C@H](CCCCOS(C)(=O)=O)[C@@H]3c4ccc(O)cc4CC[C@H]3[C@@H]1CC[C@@H]2O. The van der Waals surface area contributed by atoms with E-state index in [2.05, 4.69) is 13.0 Å². The van der Waals surface area contributed by atoms with Crippen molar-refractivity contribution in [2.45, 2.75) is 70.3 Å². The highest BCUT2D eigenvalue weighted by Crippen LogP contribution is 2.63. The molecule has 0 unspecified atom stereocenters. The Kier molecular flexibility index (Phi) is 5.73. The van der Waals surface area contributed by atoms with Crippen LogP contribution < -0.4 is 0 Å². The topological polar surface area (TPSA) is 83.8 Å². The number of aromatic hydroxyl groups is 1. The molecule has 0 radical (unpaired) electrons. The van der Waals surface area contributed by atoms with Crippen molar-refractivity contribution in [1.82, 2.24) is 0 Å². The molecular formula is C23H34O5S. The van der Waals surface area contributed by atoms with Crippen LogP contribution in [0.4, 0.5) is 0 Å². The fraction of sp³-hybridized carbons (Fsp3) is 0.739. The van der Waals surface area contributed by atoms with Crippen LogP contribution in [0.15, 0.2) is 18.2 Å². The minimum Gasteiger partial charge on any atom is -0.508 e. The maximum Gasteiger partial charge on any atom is 0.264 e. The smallest absolute Gasteiger partial charge is 0.264 e. The molecule has 2 saturated carbocycles. The summed E-state index contributed by atoms with van der Waals surface area (Å²) in [6.07, 6.45) is 8.71. The molecule has 162 valence electrons. The van der Waals surface area contributed by atoms with Crippen LogP contribution in [0.5, 0.6) is 5.75 Å². The molecule has 29 heavy (non-hydrogen) atoms. The highest BCUT2D eigenvalue weighted by Gasteiger charge is 2.57. The molecule has 2 fully saturated rings. The number of rotatable bonds is 6. The molecule has 0 aromatic heterocycles. The van der Waals surface area contributed by atoms with Gasteiger partial charge in [0.1, 0.15) is 5.75 Å². The number of phenols is 1. The summed E-state index contributed by atoms with van der Waals surface area (Å²) in [6, 6.07) is 5.87. The van der Waals surface area contributed by atoms with Crippen molar-refractivity contribution in [3.63, 3.8) is 0 Å². The van der Waals surface area contributed by atoms with E-state index in [0.29, 0.717) is 29.4 Å². The number of aryl methyl sites for hydroxylation is 1. The zero-order valence-electron chi connectivity index (χ0n) is 17.5. The second-order valence-corrected chi connectivity index (χ2v) is 11.4. The minimum absolute atomic E-state index is 0.0104. The van der Waals surface area contributed by atoms with Crippen LogP contribution >= 0.6 is 0 Å². The summed E-state index contributed by atoms with van der Waals surface area (Å²) >= 11 is 0. The van der Waals surface area contributed by atoms with Gasteiger partial charge in [0.2, 0.25) is 0 Å². The number of phenolic OH excluding ortho intramolecular Hbond substituents is 1. The average molecular weight is 423 g/mol. The van der Waals surface area contributed by atoms with E-state index in [0.717, 1.165) is 57.6 Å². The van der Waals surface area contributed by atoms with Crippen LogP contribution in [0.3, 0.4) is 0 Å². The lowest BCUT2D eigenvalue weighted by atomic mass is 9.51. The zero-order valence-corrected chi connectivity index (χ0v) is 18.3. The minimum atomic E-state index is -3.38. The van der Waals surface area contributed by atoms with Crippen LogP contribution in [-0.4, -0.2) is 37.6 Å². The highest BCUT2D eigenvalue weighted by molar-refractivity contribution is 7.85. The van der Waals surface area contributed by atoms with E-state index < -0.39 is 10.1 Å². The summed E-state index contributed by atoms with van der Waals surface area (Å²) in [4.78, 5) is 0. The van der Waals surface area contributed by atoms with E-state index in [1.165, 1.54) is 11.1 Å². The first-order valence-electron chi connectivity index (χ1n) is 11.0. The molecule has 6 atom stereocenters. The summed E-state index contributed by atoms with van der Waals surface area (Å²) in [5.41, 5.74) is 2.66. The van der Waals surface area contributed by atoms with Crippen molar-refractivity contribution in [3.8, 4) is 5.75 Å². The highest BCUT2D eigenvalue weighted by atomic mass is 32.2.